The molecule has 2 rings (SSSR count). The van der Waals surface area contributed by atoms with Crippen LogP contribution in [0.1, 0.15) is 48.0 Å². The summed E-state index contributed by atoms with van der Waals surface area (Å²) in [7, 11) is 0. The largest absolute Gasteiger partial charge is 0.507 e. The van der Waals surface area contributed by atoms with Crippen molar-refractivity contribution in [2.24, 2.45) is 11.0 Å². The van der Waals surface area contributed by atoms with Crippen molar-refractivity contribution in [3.8, 4) is 5.75 Å². The molecule has 0 saturated heterocycles. The van der Waals surface area contributed by atoms with Crippen LogP contribution in [0.25, 0.3) is 0 Å². The Bertz CT molecular complexity index is 477. The molecule has 19 heavy (non-hydrogen) atoms. The lowest BCUT2D eigenvalue weighted by atomic mass is 9.90. The fraction of sp³-hybridized carbons (Fsp3) is 0.467. The van der Waals surface area contributed by atoms with Gasteiger partial charge in [-0.2, -0.15) is 5.10 Å². The topological polar surface area (TPSA) is 61.7 Å². The van der Waals surface area contributed by atoms with Crippen LogP contribution in [-0.2, 0) is 0 Å². The maximum Gasteiger partial charge on any atom is 0.275 e. The molecule has 0 unspecified atom stereocenters. The van der Waals surface area contributed by atoms with Crippen LogP contribution in [0.2, 0.25) is 0 Å². The molecule has 2 N–H and O–H groups in total. The summed E-state index contributed by atoms with van der Waals surface area (Å²) < 4.78 is 0. The van der Waals surface area contributed by atoms with Gasteiger partial charge in [-0.1, -0.05) is 31.4 Å². The van der Waals surface area contributed by atoms with Gasteiger partial charge in [-0.05, 0) is 37.3 Å². The molecular weight excluding hydrogens is 240 g/mol. The van der Waals surface area contributed by atoms with Crippen molar-refractivity contribution in [1.82, 2.24) is 5.43 Å². The minimum Gasteiger partial charge on any atom is -0.507 e. The summed E-state index contributed by atoms with van der Waals surface area (Å²) >= 11 is 0. The second-order valence-electron chi connectivity index (χ2n) is 5.09. The first-order chi connectivity index (χ1) is 9.18. The van der Waals surface area contributed by atoms with Crippen LogP contribution < -0.4 is 5.43 Å². The van der Waals surface area contributed by atoms with E-state index < -0.39 is 0 Å². The SMILES string of the molecule is Cc1cccc(C(=O)N/N=C/C2CCCCC2)c1O. The van der Waals surface area contributed by atoms with Crippen LogP contribution in [0.3, 0.4) is 0 Å². The number of aromatic hydroxyl groups is 1. The third-order valence-corrected chi connectivity index (χ3v) is 3.58. The molecular formula is C15H20N2O2. The summed E-state index contributed by atoms with van der Waals surface area (Å²) in [6.07, 6.45) is 7.90. The van der Waals surface area contributed by atoms with E-state index in [1.807, 2.05) is 6.21 Å². The number of phenolic OH excluding ortho intramolecular Hbond substituents is 1. The highest BCUT2D eigenvalue weighted by molar-refractivity contribution is 5.97. The summed E-state index contributed by atoms with van der Waals surface area (Å²) in [6.45, 7) is 1.76. The van der Waals surface area contributed by atoms with E-state index in [1.54, 1.807) is 25.1 Å². The molecule has 1 aliphatic carbocycles. The Morgan fingerprint density at radius 3 is 2.84 bits per heavy atom. The van der Waals surface area contributed by atoms with Crippen molar-refractivity contribution in [3.63, 3.8) is 0 Å². The predicted molar refractivity (Wildman–Crippen MR) is 75.4 cm³/mol. The number of phenols is 1. The summed E-state index contributed by atoms with van der Waals surface area (Å²) in [4.78, 5) is 11.9. The lowest BCUT2D eigenvalue weighted by Crippen LogP contribution is -2.19. The third kappa shape index (κ3) is 3.56. The summed E-state index contributed by atoms with van der Waals surface area (Å²) in [5.41, 5.74) is 3.43. The first kappa shape index (κ1) is 13.6. The maximum absolute atomic E-state index is 11.9. The minimum absolute atomic E-state index is 0.0212. The average molecular weight is 260 g/mol. The standard InChI is InChI=1S/C15H20N2O2/c1-11-6-5-9-13(14(11)18)15(19)17-16-10-12-7-3-2-4-8-12/h5-6,9-10,12,18H,2-4,7-8H2,1H3,(H,17,19)/b16-10+. The van der Waals surface area contributed by atoms with Gasteiger partial charge in [-0.15, -0.1) is 0 Å². The highest BCUT2D eigenvalue weighted by atomic mass is 16.3. The van der Waals surface area contributed by atoms with Gasteiger partial charge in [0.25, 0.3) is 5.91 Å². The predicted octanol–water partition coefficient (Wildman–Crippen LogP) is 3.00. The number of para-hydroxylation sites is 1. The van der Waals surface area contributed by atoms with E-state index in [0.717, 1.165) is 12.8 Å². The van der Waals surface area contributed by atoms with Crippen molar-refractivity contribution in [3.05, 3.63) is 29.3 Å². The number of nitrogens with one attached hydrogen (secondary N) is 1. The van der Waals surface area contributed by atoms with Crippen LogP contribution in [0.5, 0.6) is 5.75 Å². The number of hydrogen-bond donors (Lipinski definition) is 2. The molecule has 0 aliphatic heterocycles. The number of hydrazone groups is 1. The molecule has 0 atom stereocenters. The number of hydrogen-bond acceptors (Lipinski definition) is 3. The van der Waals surface area contributed by atoms with E-state index in [9.17, 15) is 9.90 Å². The number of aryl methyl sites for hydroxylation is 1. The molecule has 4 heteroatoms. The quantitative estimate of drug-likeness (QED) is 0.648. The number of nitrogens with zero attached hydrogens (tertiary/aromatic N) is 1. The van der Waals surface area contributed by atoms with Gasteiger partial charge in [0, 0.05) is 6.21 Å². The Morgan fingerprint density at radius 1 is 1.37 bits per heavy atom. The number of amides is 1. The fourth-order valence-electron chi connectivity index (χ4n) is 2.39. The normalized spacial score (nSPS) is 16.7. The van der Waals surface area contributed by atoms with Gasteiger partial charge in [0.15, 0.2) is 0 Å². The lowest BCUT2D eigenvalue weighted by molar-refractivity contribution is 0.0952. The Labute approximate surface area is 113 Å². The van der Waals surface area contributed by atoms with Crippen molar-refractivity contribution in [2.75, 3.05) is 0 Å². The minimum atomic E-state index is -0.367. The van der Waals surface area contributed by atoms with Crippen LogP contribution in [-0.4, -0.2) is 17.2 Å². The molecule has 1 aliphatic rings. The fourth-order valence-corrected chi connectivity index (χ4v) is 2.39. The zero-order valence-electron chi connectivity index (χ0n) is 11.2. The Morgan fingerprint density at radius 2 is 2.11 bits per heavy atom. The van der Waals surface area contributed by atoms with Gasteiger partial charge in [0.1, 0.15) is 5.75 Å². The van der Waals surface area contributed by atoms with Crippen molar-refractivity contribution in [1.29, 1.82) is 0 Å². The molecule has 0 aromatic heterocycles. The van der Waals surface area contributed by atoms with E-state index >= 15 is 0 Å². The van der Waals surface area contributed by atoms with Gasteiger partial charge in [-0.25, -0.2) is 5.43 Å². The smallest absolute Gasteiger partial charge is 0.275 e. The van der Waals surface area contributed by atoms with Crippen LogP contribution >= 0.6 is 0 Å². The summed E-state index contributed by atoms with van der Waals surface area (Å²) in [6, 6.07) is 5.10. The van der Waals surface area contributed by atoms with Gasteiger partial charge in [0.2, 0.25) is 0 Å². The molecule has 0 spiro atoms. The number of carbonyl (C=O) groups excluding carboxylic acids is 1. The molecule has 0 radical (unpaired) electrons. The van der Waals surface area contributed by atoms with Crippen molar-refractivity contribution in [2.45, 2.75) is 39.0 Å². The number of carbonyl (C=O) groups is 1. The van der Waals surface area contributed by atoms with Crippen molar-refractivity contribution < 1.29 is 9.90 Å². The number of rotatable bonds is 3. The summed E-state index contributed by atoms with van der Waals surface area (Å²) in [5, 5.41) is 13.8. The molecule has 4 nitrogen and oxygen atoms in total. The molecule has 0 heterocycles. The first-order valence-corrected chi connectivity index (χ1v) is 6.80. The summed E-state index contributed by atoms with van der Waals surface area (Å²) in [5.74, 6) is 0.126. The number of benzene rings is 1. The highest BCUT2D eigenvalue weighted by Crippen LogP contribution is 2.22. The molecule has 102 valence electrons. The molecule has 1 aromatic rings. The lowest BCUT2D eigenvalue weighted by Gasteiger charge is -2.16. The van der Waals surface area contributed by atoms with E-state index in [-0.39, 0.29) is 17.2 Å². The van der Waals surface area contributed by atoms with E-state index in [2.05, 4.69) is 10.5 Å². The highest BCUT2D eigenvalue weighted by Gasteiger charge is 2.13. The van der Waals surface area contributed by atoms with Gasteiger partial charge >= 0.3 is 0 Å². The zero-order valence-corrected chi connectivity index (χ0v) is 11.2. The van der Waals surface area contributed by atoms with E-state index in [4.69, 9.17) is 0 Å². The van der Waals surface area contributed by atoms with E-state index in [1.165, 1.54) is 19.3 Å². The maximum atomic E-state index is 11.9. The Balaban J connectivity index is 1.93. The molecule has 1 amide bonds. The van der Waals surface area contributed by atoms with Crippen LogP contribution in [0.15, 0.2) is 23.3 Å². The van der Waals surface area contributed by atoms with Crippen molar-refractivity contribution >= 4 is 12.1 Å². The van der Waals surface area contributed by atoms with Crippen LogP contribution in [0, 0.1) is 12.8 Å². The van der Waals surface area contributed by atoms with Gasteiger partial charge in [-0.3, -0.25) is 4.79 Å². The first-order valence-electron chi connectivity index (χ1n) is 6.80. The monoisotopic (exact) mass is 260 g/mol. The van der Waals surface area contributed by atoms with Gasteiger partial charge < -0.3 is 5.11 Å². The zero-order chi connectivity index (χ0) is 13.7. The van der Waals surface area contributed by atoms with Crippen LogP contribution in [0.4, 0.5) is 0 Å². The molecule has 1 fully saturated rings. The second kappa shape index (κ2) is 6.36. The van der Waals surface area contributed by atoms with Gasteiger partial charge in [0.05, 0.1) is 5.56 Å². The average Bonchev–Trinajstić information content (AvgIpc) is 2.43. The Kier molecular flexibility index (Phi) is 4.55. The second-order valence-corrected chi connectivity index (χ2v) is 5.09. The third-order valence-electron chi connectivity index (χ3n) is 3.58. The molecule has 1 aromatic carbocycles. The molecule has 1 saturated carbocycles. The van der Waals surface area contributed by atoms with E-state index in [0.29, 0.717) is 11.5 Å². The molecule has 0 bridgehead atoms. The Hall–Kier alpha value is -1.84.